The van der Waals surface area contributed by atoms with Gasteiger partial charge in [0, 0.05) is 46.3 Å². The monoisotopic (exact) mass is 552 g/mol. The number of benzene rings is 3. The first-order valence-corrected chi connectivity index (χ1v) is 13.7. The number of hydrogen-bond donors (Lipinski definition) is 0. The molecule has 0 fully saturated rings. The van der Waals surface area contributed by atoms with Crippen molar-refractivity contribution >= 4 is 28.5 Å². The minimum Gasteiger partial charge on any atom is -0.487 e. The van der Waals surface area contributed by atoms with Gasteiger partial charge in [0.15, 0.2) is 0 Å². The average Bonchev–Trinajstić information content (AvgIpc) is 3.22. The zero-order valence-electron chi connectivity index (χ0n) is 23.3. The number of carbonyl (C=O) groups excluding carboxylic acids is 1. The van der Waals surface area contributed by atoms with Crippen LogP contribution in [0.5, 0.6) is 5.75 Å². The summed E-state index contributed by atoms with van der Waals surface area (Å²) in [7, 11) is 1.44. The minimum atomic E-state index is -0.678. The lowest BCUT2D eigenvalue weighted by Crippen LogP contribution is -2.29. The average molecular weight is 553 g/mol. The van der Waals surface area contributed by atoms with Crippen LogP contribution < -0.4 is 4.74 Å². The molecule has 0 bridgehead atoms. The maximum Gasteiger partial charge on any atom is 0.311 e. The number of halogens is 1. The van der Waals surface area contributed by atoms with Gasteiger partial charge in [0.1, 0.15) is 12.4 Å². The maximum atomic E-state index is 12.6. The Kier molecular flexibility index (Phi) is 7.95. The molecule has 0 saturated carbocycles. The van der Waals surface area contributed by atoms with Gasteiger partial charge in [-0.2, -0.15) is 0 Å². The van der Waals surface area contributed by atoms with Crippen LogP contribution in [0.15, 0.2) is 91.1 Å². The van der Waals surface area contributed by atoms with Gasteiger partial charge in [0.25, 0.3) is 0 Å². The van der Waals surface area contributed by atoms with E-state index < -0.39 is 5.41 Å². The summed E-state index contributed by atoms with van der Waals surface area (Å²) in [5, 5.41) is 1.80. The molecule has 0 radical (unpaired) electrons. The highest BCUT2D eigenvalue weighted by atomic mass is 35.5. The number of methoxy groups -OCH3 is 1. The second-order valence-electron chi connectivity index (χ2n) is 10.7. The van der Waals surface area contributed by atoms with Gasteiger partial charge in [-0.1, -0.05) is 60.1 Å². The Labute approximate surface area is 240 Å². The predicted octanol–water partition coefficient (Wildman–Crippen LogP) is 8.03. The molecule has 0 atom stereocenters. The van der Waals surface area contributed by atoms with Crippen LogP contribution in [0.4, 0.5) is 0 Å². The van der Waals surface area contributed by atoms with Gasteiger partial charge < -0.3 is 14.0 Å². The number of ether oxygens (including phenoxy) is 2. The van der Waals surface area contributed by atoms with Crippen molar-refractivity contribution in [2.24, 2.45) is 5.41 Å². The van der Waals surface area contributed by atoms with E-state index in [0.29, 0.717) is 24.6 Å². The molecule has 204 valence electrons. The molecule has 5 nitrogen and oxygen atoms in total. The first kappa shape index (κ1) is 27.5. The lowest BCUT2D eigenvalue weighted by Gasteiger charge is -2.23. The van der Waals surface area contributed by atoms with Crippen LogP contribution in [0, 0.1) is 12.3 Å². The Balaban J connectivity index is 1.43. The molecule has 40 heavy (non-hydrogen) atoms. The van der Waals surface area contributed by atoms with Crippen molar-refractivity contribution in [1.29, 1.82) is 0 Å². The van der Waals surface area contributed by atoms with Crippen molar-refractivity contribution in [3.63, 3.8) is 0 Å². The Morgan fingerprint density at radius 1 is 0.950 bits per heavy atom. The molecule has 0 unspecified atom stereocenters. The van der Waals surface area contributed by atoms with E-state index in [1.165, 1.54) is 7.11 Å². The summed E-state index contributed by atoms with van der Waals surface area (Å²) in [4.78, 5) is 17.2. The molecule has 0 N–H and O–H groups in total. The first-order valence-electron chi connectivity index (χ1n) is 13.3. The predicted molar refractivity (Wildman–Crippen MR) is 161 cm³/mol. The van der Waals surface area contributed by atoms with E-state index >= 15 is 0 Å². The molecule has 0 aliphatic carbocycles. The molecule has 0 amide bonds. The Hall–Kier alpha value is -4.09. The lowest BCUT2D eigenvalue weighted by atomic mass is 9.86. The number of hydrogen-bond acceptors (Lipinski definition) is 4. The van der Waals surface area contributed by atoms with Gasteiger partial charge in [-0.25, -0.2) is 0 Å². The zero-order chi connectivity index (χ0) is 28.3. The number of fused-ring (bicyclic) bond motifs is 1. The van der Waals surface area contributed by atoms with Gasteiger partial charge in [-0.05, 0) is 73.9 Å². The summed E-state index contributed by atoms with van der Waals surface area (Å²) >= 11 is 6.13. The molecule has 5 aromatic rings. The second kappa shape index (κ2) is 11.6. The zero-order valence-corrected chi connectivity index (χ0v) is 24.0. The maximum absolute atomic E-state index is 12.6. The van der Waals surface area contributed by atoms with Gasteiger partial charge in [0.2, 0.25) is 0 Å². The minimum absolute atomic E-state index is 0.231. The fourth-order valence-corrected chi connectivity index (χ4v) is 5.19. The third-order valence-electron chi connectivity index (χ3n) is 7.34. The fraction of sp³-hybridized carbons (Fsp3) is 0.235. The smallest absolute Gasteiger partial charge is 0.311 e. The second-order valence-corrected chi connectivity index (χ2v) is 11.1. The van der Waals surface area contributed by atoms with Crippen molar-refractivity contribution in [2.75, 3.05) is 7.11 Å². The van der Waals surface area contributed by atoms with Crippen molar-refractivity contribution in [1.82, 2.24) is 9.55 Å². The number of aromatic nitrogens is 2. The van der Waals surface area contributed by atoms with Gasteiger partial charge >= 0.3 is 5.97 Å². The summed E-state index contributed by atoms with van der Waals surface area (Å²) < 4.78 is 13.6. The van der Waals surface area contributed by atoms with Crippen LogP contribution >= 0.6 is 11.6 Å². The summed E-state index contributed by atoms with van der Waals surface area (Å²) in [5.41, 5.74) is 6.82. The fourth-order valence-electron chi connectivity index (χ4n) is 5.06. The first-order chi connectivity index (χ1) is 19.2. The van der Waals surface area contributed by atoms with E-state index in [9.17, 15) is 4.79 Å². The SMILES string of the molecule is COC(=O)C(C)(C)Cc1c(C)c2cc(OCc3ccc(-c4ccccc4)cn3)ccc2n1Cc1ccc(Cl)cc1. The number of pyridine rings is 1. The van der Waals surface area contributed by atoms with E-state index in [1.54, 1.807) is 0 Å². The molecular formula is C34H33ClN2O3. The van der Waals surface area contributed by atoms with Crippen LogP contribution in [-0.2, 0) is 29.1 Å². The van der Waals surface area contributed by atoms with E-state index in [0.717, 1.165) is 50.3 Å². The molecule has 0 saturated heterocycles. The van der Waals surface area contributed by atoms with Crippen molar-refractivity contribution in [3.8, 4) is 16.9 Å². The Morgan fingerprint density at radius 3 is 2.38 bits per heavy atom. The third-order valence-corrected chi connectivity index (χ3v) is 7.59. The molecule has 0 spiro atoms. The quantitative estimate of drug-likeness (QED) is 0.174. The molecular weight excluding hydrogens is 520 g/mol. The van der Waals surface area contributed by atoms with Crippen molar-refractivity contribution in [3.05, 3.63) is 119 Å². The van der Waals surface area contributed by atoms with Gasteiger partial charge in [-0.15, -0.1) is 0 Å². The molecule has 0 aliphatic heterocycles. The van der Waals surface area contributed by atoms with Crippen LogP contribution in [-0.4, -0.2) is 22.6 Å². The molecule has 5 rings (SSSR count). The number of esters is 1. The normalized spacial score (nSPS) is 11.5. The van der Waals surface area contributed by atoms with E-state index in [1.807, 2.05) is 74.6 Å². The molecule has 2 aromatic heterocycles. The van der Waals surface area contributed by atoms with E-state index in [-0.39, 0.29) is 5.97 Å². The highest BCUT2D eigenvalue weighted by molar-refractivity contribution is 6.30. The number of nitrogens with zero attached hydrogens (tertiary/aromatic N) is 2. The van der Waals surface area contributed by atoms with Crippen LogP contribution in [0.1, 0.15) is 36.4 Å². The summed E-state index contributed by atoms with van der Waals surface area (Å²) in [5.74, 6) is 0.539. The van der Waals surface area contributed by atoms with Crippen LogP contribution in [0.25, 0.3) is 22.0 Å². The highest BCUT2D eigenvalue weighted by Gasteiger charge is 2.32. The van der Waals surface area contributed by atoms with E-state index in [4.69, 9.17) is 21.1 Å². The lowest BCUT2D eigenvalue weighted by molar-refractivity contribution is -0.150. The Morgan fingerprint density at radius 2 is 1.70 bits per heavy atom. The van der Waals surface area contributed by atoms with Crippen molar-refractivity contribution < 1.29 is 14.3 Å². The topological polar surface area (TPSA) is 53.4 Å². The standard InChI is InChI=1S/C34H33ClN2O3/c1-23-30-18-29(40-22-28-15-12-26(20-36-28)25-8-6-5-7-9-25)16-17-31(30)37(21-24-10-13-27(35)14-11-24)32(23)19-34(2,3)33(38)39-4/h5-18,20H,19,21-22H2,1-4H3. The van der Waals surface area contributed by atoms with Crippen molar-refractivity contribution in [2.45, 2.75) is 40.3 Å². The summed E-state index contributed by atoms with van der Waals surface area (Å²) in [6, 6.07) is 28.3. The summed E-state index contributed by atoms with van der Waals surface area (Å²) in [6.07, 6.45) is 2.43. The van der Waals surface area contributed by atoms with Gasteiger partial charge in [0.05, 0.1) is 18.2 Å². The molecule has 0 aliphatic rings. The molecule has 3 aromatic carbocycles. The molecule has 6 heteroatoms. The van der Waals surface area contributed by atoms with Gasteiger partial charge in [-0.3, -0.25) is 9.78 Å². The number of rotatable bonds is 9. The highest BCUT2D eigenvalue weighted by Crippen LogP contribution is 2.34. The van der Waals surface area contributed by atoms with Crippen LogP contribution in [0.2, 0.25) is 5.02 Å². The number of carbonyl (C=O) groups is 1. The van der Waals surface area contributed by atoms with E-state index in [2.05, 4.69) is 46.8 Å². The Bertz CT molecular complexity index is 1620. The summed E-state index contributed by atoms with van der Waals surface area (Å²) in [6.45, 7) is 6.98. The third kappa shape index (κ3) is 5.90. The number of aryl methyl sites for hydroxylation is 1. The van der Waals surface area contributed by atoms with Crippen LogP contribution in [0.3, 0.4) is 0 Å². The molecule has 2 heterocycles. The largest absolute Gasteiger partial charge is 0.487 e.